The molecule has 21 heavy (non-hydrogen) atoms. The average Bonchev–Trinajstić information content (AvgIpc) is 2.90. The smallest absolute Gasteiger partial charge is 0.234 e. The SMILES string of the molecule is CC(C)(C)NC(=O)CN1CCN(C(=O)C2CCCC2)CC1. The van der Waals surface area contributed by atoms with Gasteiger partial charge in [0.25, 0.3) is 0 Å². The Morgan fingerprint density at radius 2 is 1.62 bits per heavy atom. The number of nitrogens with one attached hydrogen (secondary N) is 1. The number of hydrogen-bond acceptors (Lipinski definition) is 3. The van der Waals surface area contributed by atoms with Crippen molar-refractivity contribution in [3.63, 3.8) is 0 Å². The molecule has 1 saturated carbocycles. The van der Waals surface area contributed by atoms with Crippen LogP contribution in [0.2, 0.25) is 0 Å². The van der Waals surface area contributed by atoms with Gasteiger partial charge in [0, 0.05) is 37.6 Å². The van der Waals surface area contributed by atoms with Crippen LogP contribution in [0.15, 0.2) is 0 Å². The Hall–Kier alpha value is -1.10. The van der Waals surface area contributed by atoms with E-state index in [0.29, 0.717) is 12.5 Å². The molecule has 1 aliphatic heterocycles. The highest BCUT2D eigenvalue weighted by atomic mass is 16.2. The maximum absolute atomic E-state index is 12.3. The second-order valence-corrected chi connectivity index (χ2v) is 7.38. The fourth-order valence-electron chi connectivity index (χ4n) is 3.22. The van der Waals surface area contributed by atoms with Crippen molar-refractivity contribution in [3.05, 3.63) is 0 Å². The summed E-state index contributed by atoms with van der Waals surface area (Å²) in [4.78, 5) is 28.4. The lowest BCUT2D eigenvalue weighted by molar-refractivity contribution is -0.137. The highest BCUT2D eigenvalue weighted by molar-refractivity contribution is 5.80. The van der Waals surface area contributed by atoms with Crippen molar-refractivity contribution in [1.29, 1.82) is 0 Å². The Morgan fingerprint density at radius 1 is 1.05 bits per heavy atom. The van der Waals surface area contributed by atoms with Crippen LogP contribution in [0.1, 0.15) is 46.5 Å². The third kappa shape index (κ3) is 4.99. The number of nitrogens with zero attached hydrogens (tertiary/aromatic N) is 2. The van der Waals surface area contributed by atoms with E-state index in [-0.39, 0.29) is 17.4 Å². The molecule has 0 aromatic rings. The molecule has 5 nitrogen and oxygen atoms in total. The van der Waals surface area contributed by atoms with Gasteiger partial charge in [-0.25, -0.2) is 0 Å². The van der Waals surface area contributed by atoms with E-state index >= 15 is 0 Å². The Morgan fingerprint density at radius 3 is 2.14 bits per heavy atom. The summed E-state index contributed by atoms with van der Waals surface area (Å²) in [6.07, 6.45) is 4.52. The fourth-order valence-corrected chi connectivity index (χ4v) is 3.22. The normalized spacial score (nSPS) is 21.6. The molecule has 0 aromatic carbocycles. The molecule has 0 aromatic heterocycles. The summed E-state index contributed by atoms with van der Waals surface area (Å²) in [5, 5.41) is 2.98. The van der Waals surface area contributed by atoms with Gasteiger partial charge in [-0.1, -0.05) is 12.8 Å². The van der Waals surface area contributed by atoms with Gasteiger partial charge in [0.05, 0.1) is 6.54 Å². The Kier molecular flexibility index (Phi) is 5.25. The van der Waals surface area contributed by atoms with E-state index in [1.165, 1.54) is 12.8 Å². The Bertz CT molecular complexity index is 375. The predicted octanol–water partition coefficient (Wildman–Crippen LogP) is 1.24. The van der Waals surface area contributed by atoms with E-state index in [0.717, 1.165) is 39.0 Å². The molecule has 0 spiro atoms. The van der Waals surface area contributed by atoms with Crippen molar-refractivity contribution in [2.24, 2.45) is 5.92 Å². The predicted molar refractivity (Wildman–Crippen MR) is 82.9 cm³/mol. The van der Waals surface area contributed by atoms with Crippen LogP contribution in [0, 0.1) is 5.92 Å². The summed E-state index contributed by atoms with van der Waals surface area (Å²) >= 11 is 0. The summed E-state index contributed by atoms with van der Waals surface area (Å²) in [6.45, 7) is 9.53. The number of hydrogen-bond donors (Lipinski definition) is 1. The van der Waals surface area contributed by atoms with Crippen molar-refractivity contribution in [2.75, 3.05) is 32.7 Å². The lowest BCUT2D eigenvalue weighted by Crippen LogP contribution is -2.53. The maximum Gasteiger partial charge on any atom is 0.234 e. The Labute approximate surface area is 128 Å². The molecule has 1 N–H and O–H groups in total. The number of carbonyl (C=O) groups is 2. The first kappa shape index (κ1) is 16.3. The van der Waals surface area contributed by atoms with Crippen LogP contribution >= 0.6 is 0 Å². The first-order chi connectivity index (χ1) is 9.85. The summed E-state index contributed by atoms with van der Waals surface area (Å²) < 4.78 is 0. The first-order valence-corrected chi connectivity index (χ1v) is 8.17. The lowest BCUT2D eigenvalue weighted by atomic mass is 10.1. The van der Waals surface area contributed by atoms with Crippen LogP contribution in [0.5, 0.6) is 0 Å². The summed E-state index contributed by atoms with van der Waals surface area (Å²) in [5.74, 6) is 0.671. The van der Waals surface area contributed by atoms with Crippen LogP contribution in [-0.2, 0) is 9.59 Å². The zero-order valence-corrected chi connectivity index (χ0v) is 13.7. The summed E-state index contributed by atoms with van der Waals surface area (Å²) in [5.41, 5.74) is -0.183. The van der Waals surface area contributed by atoms with Crippen molar-refractivity contribution < 1.29 is 9.59 Å². The van der Waals surface area contributed by atoms with Crippen molar-refractivity contribution in [3.8, 4) is 0 Å². The summed E-state index contributed by atoms with van der Waals surface area (Å²) in [6, 6.07) is 0. The molecule has 120 valence electrons. The zero-order valence-electron chi connectivity index (χ0n) is 13.7. The highest BCUT2D eigenvalue weighted by Crippen LogP contribution is 2.26. The quantitative estimate of drug-likeness (QED) is 0.852. The minimum atomic E-state index is -0.183. The van der Waals surface area contributed by atoms with Crippen molar-refractivity contribution in [2.45, 2.75) is 52.0 Å². The molecule has 0 atom stereocenters. The van der Waals surface area contributed by atoms with Crippen LogP contribution in [0.25, 0.3) is 0 Å². The average molecular weight is 295 g/mol. The lowest BCUT2D eigenvalue weighted by Gasteiger charge is -2.36. The van der Waals surface area contributed by atoms with Crippen molar-refractivity contribution in [1.82, 2.24) is 15.1 Å². The second kappa shape index (κ2) is 6.77. The van der Waals surface area contributed by atoms with Crippen molar-refractivity contribution >= 4 is 11.8 Å². The van der Waals surface area contributed by atoms with Gasteiger partial charge in [-0.2, -0.15) is 0 Å². The Balaban J connectivity index is 1.73. The number of amides is 2. The molecule has 0 bridgehead atoms. The van der Waals surface area contributed by atoms with E-state index in [1.54, 1.807) is 0 Å². The first-order valence-electron chi connectivity index (χ1n) is 8.17. The van der Waals surface area contributed by atoms with E-state index in [9.17, 15) is 9.59 Å². The standard InChI is InChI=1S/C16H29N3O2/c1-16(2,3)17-14(20)12-18-8-10-19(11-9-18)15(21)13-6-4-5-7-13/h13H,4-12H2,1-3H3,(H,17,20). The molecule has 0 unspecified atom stereocenters. The minimum Gasteiger partial charge on any atom is -0.350 e. The number of piperazine rings is 1. The third-order valence-electron chi connectivity index (χ3n) is 4.27. The van der Waals surface area contributed by atoms with Gasteiger partial charge in [0.1, 0.15) is 0 Å². The highest BCUT2D eigenvalue weighted by Gasteiger charge is 2.29. The monoisotopic (exact) mass is 295 g/mol. The number of rotatable bonds is 3. The molecule has 5 heteroatoms. The second-order valence-electron chi connectivity index (χ2n) is 7.38. The molecular formula is C16H29N3O2. The molecule has 0 radical (unpaired) electrons. The fraction of sp³-hybridized carbons (Fsp3) is 0.875. The van der Waals surface area contributed by atoms with E-state index in [4.69, 9.17) is 0 Å². The van der Waals surface area contributed by atoms with Gasteiger partial charge in [-0.15, -0.1) is 0 Å². The van der Waals surface area contributed by atoms with Gasteiger partial charge < -0.3 is 10.2 Å². The molecule has 2 aliphatic rings. The van der Waals surface area contributed by atoms with Crippen LogP contribution < -0.4 is 5.32 Å². The molecule has 2 fully saturated rings. The molecule has 2 rings (SSSR count). The van der Waals surface area contributed by atoms with Gasteiger partial charge in [0.2, 0.25) is 11.8 Å². The van der Waals surface area contributed by atoms with E-state index < -0.39 is 0 Å². The molecule has 2 amide bonds. The topological polar surface area (TPSA) is 52.7 Å². The van der Waals surface area contributed by atoms with Gasteiger partial charge in [0.15, 0.2) is 0 Å². The minimum absolute atomic E-state index is 0.0677. The van der Waals surface area contributed by atoms with Crippen LogP contribution in [-0.4, -0.2) is 59.9 Å². The zero-order chi connectivity index (χ0) is 15.5. The van der Waals surface area contributed by atoms with Gasteiger partial charge >= 0.3 is 0 Å². The van der Waals surface area contributed by atoms with Gasteiger partial charge in [-0.05, 0) is 33.6 Å². The van der Waals surface area contributed by atoms with E-state index in [2.05, 4.69) is 10.2 Å². The molecule has 1 saturated heterocycles. The third-order valence-corrected chi connectivity index (χ3v) is 4.27. The molecular weight excluding hydrogens is 266 g/mol. The van der Waals surface area contributed by atoms with Gasteiger partial charge in [-0.3, -0.25) is 14.5 Å². The summed E-state index contributed by atoms with van der Waals surface area (Å²) in [7, 11) is 0. The largest absolute Gasteiger partial charge is 0.350 e. The van der Waals surface area contributed by atoms with Crippen LogP contribution in [0.4, 0.5) is 0 Å². The molecule has 1 heterocycles. The maximum atomic E-state index is 12.3. The van der Waals surface area contributed by atoms with E-state index in [1.807, 2.05) is 25.7 Å². The van der Waals surface area contributed by atoms with Crippen LogP contribution in [0.3, 0.4) is 0 Å². The molecule has 1 aliphatic carbocycles. The number of carbonyl (C=O) groups excluding carboxylic acids is 2.